The van der Waals surface area contributed by atoms with E-state index in [0.29, 0.717) is 11.5 Å². The van der Waals surface area contributed by atoms with E-state index in [9.17, 15) is 4.39 Å². The van der Waals surface area contributed by atoms with Gasteiger partial charge in [0.15, 0.2) is 0 Å². The molecule has 1 heteroatoms. The number of benzene rings is 2. The summed E-state index contributed by atoms with van der Waals surface area (Å²) >= 11 is 0. The maximum Gasteiger partial charge on any atom is 0.139 e. The molecular formula is C15H13F. The molecule has 0 aliphatic heterocycles. The van der Waals surface area contributed by atoms with E-state index >= 15 is 0 Å². The lowest BCUT2D eigenvalue weighted by atomic mass is 9.93. The van der Waals surface area contributed by atoms with E-state index in [1.165, 1.54) is 6.07 Å². The molecule has 2 aromatic rings. The molecule has 0 saturated heterocycles. The number of hydrogen-bond acceptors (Lipinski definition) is 0. The van der Waals surface area contributed by atoms with Crippen molar-refractivity contribution < 1.29 is 4.39 Å². The Kier molecular flexibility index (Phi) is 2.66. The minimum Gasteiger partial charge on any atom is -0.206 e. The molecule has 16 heavy (non-hydrogen) atoms. The highest BCUT2D eigenvalue weighted by Gasteiger charge is 2.11. The first-order valence-electron chi connectivity index (χ1n) is 5.33. The van der Waals surface area contributed by atoms with Crippen LogP contribution in [0.5, 0.6) is 0 Å². The third-order valence-corrected chi connectivity index (χ3v) is 2.79. The van der Waals surface area contributed by atoms with Crippen LogP contribution in [0, 0.1) is 18.2 Å². The molecule has 2 rings (SSSR count). The van der Waals surface area contributed by atoms with E-state index in [1.54, 1.807) is 6.07 Å². The second-order valence-corrected chi connectivity index (χ2v) is 4.17. The molecule has 2 aromatic carbocycles. The lowest BCUT2D eigenvalue weighted by molar-refractivity contribution is 0.626. The van der Waals surface area contributed by atoms with E-state index in [-0.39, 0.29) is 5.82 Å². The van der Waals surface area contributed by atoms with Gasteiger partial charge in [-0.1, -0.05) is 44.0 Å². The Hall–Kier alpha value is -1.81. The SMILES string of the molecule is C#Cc1c(F)ccc2cccc(C(C)C)c12. The van der Waals surface area contributed by atoms with Crippen LogP contribution in [-0.2, 0) is 0 Å². The summed E-state index contributed by atoms with van der Waals surface area (Å²) < 4.78 is 13.6. The van der Waals surface area contributed by atoms with Crippen molar-refractivity contribution in [1.29, 1.82) is 0 Å². The molecule has 0 amide bonds. The van der Waals surface area contributed by atoms with E-state index < -0.39 is 0 Å². The van der Waals surface area contributed by atoms with Crippen molar-refractivity contribution in [2.75, 3.05) is 0 Å². The number of rotatable bonds is 1. The van der Waals surface area contributed by atoms with Crippen LogP contribution < -0.4 is 0 Å². The van der Waals surface area contributed by atoms with Crippen LogP contribution in [0.1, 0.15) is 30.9 Å². The van der Waals surface area contributed by atoms with Crippen molar-refractivity contribution in [2.45, 2.75) is 19.8 Å². The maximum absolute atomic E-state index is 13.6. The third-order valence-electron chi connectivity index (χ3n) is 2.79. The van der Waals surface area contributed by atoms with Crippen molar-refractivity contribution in [1.82, 2.24) is 0 Å². The first-order valence-corrected chi connectivity index (χ1v) is 5.33. The van der Waals surface area contributed by atoms with Crippen molar-refractivity contribution in [3.8, 4) is 12.3 Å². The Balaban J connectivity index is 2.94. The molecule has 0 nitrogen and oxygen atoms in total. The fourth-order valence-electron chi connectivity index (χ4n) is 2.00. The minimum absolute atomic E-state index is 0.317. The molecular weight excluding hydrogens is 199 g/mol. The summed E-state index contributed by atoms with van der Waals surface area (Å²) in [5.41, 5.74) is 1.48. The summed E-state index contributed by atoms with van der Waals surface area (Å²) in [5, 5.41) is 1.88. The Morgan fingerprint density at radius 3 is 2.56 bits per heavy atom. The van der Waals surface area contributed by atoms with Gasteiger partial charge in [0.05, 0.1) is 5.56 Å². The Labute approximate surface area is 95.1 Å². The molecule has 0 fully saturated rings. The molecule has 0 spiro atoms. The zero-order valence-electron chi connectivity index (χ0n) is 9.42. The van der Waals surface area contributed by atoms with Crippen LogP contribution in [0.15, 0.2) is 30.3 Å². The third kappa shape index (κ3) is 1.57. The van der Waals surface area contributed by atoms with Gasteiger partial charge in [-0.2, -0.15) is 0 Å². The fraction of sp³-hybridized carbons (Fsp3) is 0.200. The van der Waals surface area contributed by atoms with Crippen molar-refractivity contribution in [3.63, 3.8) is 0 Å². The summed E-state index contributed by atoms with van der Waals surface area (Å²) in [6.45, 7) is 4.17. The van der Waals surface area contributed by atoms with Crippen LogP contribution in [0.2, 0.25) is 0 Å². The predicted octanol–water partition coefficient (Wildman–Crippen LogP) is 4.08. The highest BCUT2D eigenvalue weighted by Crippen LogP contribution is 2.29. The number of fused-ring (bicyclic) bond motifs is 1. The topological polar surface area (TPSA) is 0 Å². The van der Waals surface area contributed by atoms with Crippen molar-refractivity contribution >= 4 is 10.8 Å². The first-order chi connectivity index (χ1) is 7.65. The van der Waals surface area contributed by atoms with Gasteiger partial charge >= 0.3 is 0 Å². The lowest BCUT2D eigenvalue weighted by Gasteiger charge is -2.12. The average Bonchev–Trinajstić information content (AvgIpc) is 2.28. The number of halogens is 1. The van der Waals surface area contributed by atoms with Gasteiger partial charge in [0.2, 0.25) is 0 Å². The lowest BCUT2D eigenvalue weighted by Crippen LogP contribution is -1.94. The number of hydrogen-bond donors (Lipinski definition) is 0. The molecule has 0 N–H and O–H groups in total. The minimum atomic E-state index is -0.317. The summed E-state index contributed by atoms with van der Waals surface area (Å²) in [6.07, 6.45) is 5.40. The van der Waals surface area contributed by atoms with Crippen LogP contribution in [0.25, 0.3) is 10.8 Å². The molecule has 80 valence electrons. The van der Waals surface area contributed by atoms with Crippen LogP contribution in [-0.4, -0.2) is 0 Å². The standard InChI is InChI=1S/C15H13F/c1-4-12-14(16)9-8-11-6-5-7-13(10(2)3)15(11)12/h1,5-10H,2-3H3. The number of terminal acetylenes is 1. The van der Waals surface area contributed by atoms with Gasteiger partial charge in [-0.25, -0.2) is 4.39 Å². The van der Waals surface area contributed by atoms with Crippen molar-refractivity contribution in [3.05, 3.63) is 47.3 Å². The maximum atomic E-state index is 13.6. The molecule has 0 aliphatic rings. The summed E-state index contributed by atoms with van der Waals surface area (Å²) in [7, 11) is 0. The Morgan fingerprint density at radius 1 is 1.19 bits per heavy atom. The van der Waals surface area contributed by atoms with Crippen LogP contribution in [0.4, 0.5) is 4.39 Å². The summed E-state index contributed by atoms with van der Waals surface area (Å²) in [4.78, 5) is 0. The fourth-order valence-corrected chi connectivity index (χ4v) is 2.00. The van der Waals surface area contributed by atoms with Gasteiger partial charge in [0.1, 0.15) is 5.82 Å². The quantitative estimate of drug-likeness (QED) is 0.625. The van der Waals surface area contributed by atoms with Gasteiger partial charge in [-0.15, -0.1) is 6.42 Å². The Morgan fingerprint density at radius 2 is 1.94 bits per heavy atom. The molecule has 0 unspecified atom stereocenters. The van der Waals surface area contributed by atoms with E-state index in [2.05, 4.69) is 19.8 Å². The van der Waals surface area contributed by atoms with Gasteiger partial charge in [-0.05, 0) is 22.9 Å². The molecule has 0 saturated carbocycles. The van der Waals surface area contributed by atoms with Crippen LogP contribution in [0.3, 0.4) is 0 Å². The predicted molar refractivity (Wildman–Crippen MR) is 65.9 cm³/mol. The highest BCUT2D eigenvalue weighted by atomic mass is 19.1. The van der Waals surface area contributed by atoms with Gasteiger partial charge in [0.25, 0.3) is 0 Å². The molecule has 0 atom stereocenters. The summed E-state index contributed by atoms with van der Waals surface area (Å²) in [5.74, 6) is 2.47. The molecule has 0 aromatic heterocycles. The summed E-state index contributed by atoms with van der Waals surface area (Å²) in [6, 6.07) is 9.16. The molecule has 0 aliphatic carbocycles. The van der Waals surface area contributed by atoms with E-state index in [4.69, 9.17) is 6.42 Å². The normalized spacial score (nSPS) is 10.7. The Bertz CT molecular complexity index is 574. The van der Waals surface area contributed by atoms with Crippen molar-refractivity contribution in [2.24, 2.45) is 0 Å². The molecule has 0 heterocycles. The highest BCUT2D eigenvalue weighted by molar-refractivity contribution is 5.91. The monoisotopic (exact) mass is 212 g/mol. The largest absolute Gasteiger partial charge is 0.206 e. The average molecular weight is 212 g/mol. The van der Waals surface area contributed by atoms with E-state index in [1.807, 2.05) is 18.2 Å². The second kappa shape index (κ2) is 3.98. The smallest absolute Gasteiger partial charge is 0.139 e. The molecule has 0 bridgehead atoms. The molecule has 0 radical (unpaired) electrons. The van der Waals surface area contributed by atoms with Gasteiger partial charge in [-0.3, -0.25) is 0 Å². The second-order valence-electron chi connectivity index (χ2n) is 4.17. The van der Waals surface area contributed by atoms with E-state index in [0.717, 1.165) is 16.3 Å². The van der Waals surface area contributed by atoms with Gasteiger partial charge < -0.3 is 0 Å². The van der Waals surface area contributed by atoms with Crippen LogP contribution >= 0.6 is 0 Å². The zero-order valence-corrected chi connectivity index (χ0v) is 9.42. The zero-order chi connectivity index (χ0) is 11.7. The van der Waals surface area contributed by atoms with Gasteiger partial charge in [0, 0.05) is 5.39 Å². The first kappa shape index (κ1) is 10.7.